The van der Waals surface area contributed by atoms with Gasteiger partial charge in [0.1, 0.15) is 6.10 Å². The van der Waals surface area contributed by atoms with Gasteiger partial charge in [-0.15, -0.1) is 0 Å². The number of hydrogen-bond donors (Lipinski definition) is 1. The van der Waals surface area contributed by atoms with Crippen LogP contribution < -0.4 is 9.47 Å². The molecule has 1 aromatic carbocycles. The molecule has 1 N–H and O–H groups in total. The molecule has 3 atom stereocenters. The number of unbranched alkanes of at least 4 members (excludes halogenated alkanes) is 1. The highest BCUT2D eigenvalue weighted by atomic mass is 16.5. The van der Waals surface area contributed by atoms with E-state index in [1.807, 2.05) is 25.1 Å². The second kappa shape index (κ2) is 10.6. The van der Waals surface area contributed by atoms with Gasteiger partial charge in [-0.2, -0.15) is 0 Å². The Kier molecular flexibility index (Phi) is 7.58. The van der Waals surface area contributed by atoms with E-state index in [0.29, 0.717) is 43.3 Å². The van der Waals surface area contributed by atoms with Crippen LogP contribution in [0, 0.1) is 5.92 Å². The Morgan fingerprint density at radius 1 is 1.09 bits per heavy atom. The Hall–Kier alpha value is -2.54. The van der Waals surface area contributed by atoms with E-state index in [9.17, 15) is 14.7 Å². The van der Waals surface area contributed by atoms with Gasteiger partial charge in [0, 0.05) is 13.2 Å². The lowest BCUT2D eigenvalue weighted by atomic mass is 9.77. The summed E-state index contributed by atoms with van der Waals surface area (Å²) in [6.45, 7) is 5.42. The largest absolute Gasteiger partial charge is 0.490 e. The summed E-state index contributed by atoms with van der Waals surface area (Å²) in [7, 11) is 0. The molecule has 33 heavy (non-hydrogen) atoms. The average molecular weight is 458 g/mol. The molecule has 7 heteroatoms. The maximum absolute atomic E-state index is 13.6. The molecule has 4 rings (SSSR count). The number of aliphatic hydroxyl groups excluding tert-OH is 1. The van der Waals surface area contributed by atoms with Crippen molar-refractivity contribution in [1.82, 2.24) is 4.90 Å². The second-order valence-electron chi connectivity index (χ2n) is 8.97. The smallest absolute Gasteiger partial charge is 0.290 e. The van der Waals surface area contributed by atoms with Crippen LogP contribution in [0.1, 0.15) is 70.4 Å². The van der Waals surface area contributed by atoms with Crippen molar-refractivity contribution >= 4 is 11.7 Å². The first-order valence-electron chi connectivity index (χ1n) is 12.4. The fourth-order valence-electron chi connectivity index (χ4n) is 5.12. The second-order valence-corrected chi connectivity index (χ2v) is 8.97. The minimum absolute atomic E-state index is 0.0321. The zero-order valence-electron chi connectivity index (χ0n) is 19.7. The Balaban J connectivity index is 1.72. The number of ether oxygens (including phenoxy) is 3. The number of ketones is 1. The normalized spacial score (nSPS) is 24.5. The third-order valence-corrected chi connectivity index (χ3v) is 6.75. The summed E-state index contributed by atoms with van der Waals surface area (Å²) in [6.07, 6.45) is 5.83. The molecule has 3 aliphatic rings. The maximum atomic E-state index is 13.6. The van der Waals surface area contributed by atoms with Crippen molar-refractivity contribution in [3.05, 3.63) is 35.1 Å². The van der Waals surface area contributed by atoms with Crippen LogP contribution in [0.15, 0.2) is 29.5 Å². The van der Waals surface area contributed by atoms with E-state index in [2.05, 4.69) is 6.92 Å². The van der Waals surface area contributed by atoms with Gasteiger partial charge in [0.15, 0.2) is 23.0 Å². The molecule has 0 bridgehead atoms. The van der Waals surface area contributed by atoms with Crippen molar-refractivity contribution in [2.75, 3.05) is 26.4 Å². The number of nitrogens with zero attached hydrogens (tertiary/aromatic N) is 1. The molecule has 1 amide bonds. The van der Waals surface area contributed by atoms with E-state index in [4.69, 9.17) is 14.2 Å². The predicted octanol–water partition coefficient (Wildman–Crippen LogP) is 3.94. The molecule has 1 aliphatic carbocycles. The Morgan fingerprint density at radius 2 is 1.91 bits per heavy atom. The van der Waals surface area contributed by atoms with Crippen molar-refractivity contribution in [2.45, 2.75) is 70.9 Å². The van der Waals surface area contributed by atoms with Crippen LogP contribution >= 0.6 is 0 Å². The summed E-state index contributed by atoms with van der Waals surface area (Å²) in [5.74, 6) is 1.05. The third-order valence-electron chi connectivity index (χ3n) is 6.75. The highest BCUT2D eigenvalue weighted by molar-refractivity contribution is 6.11. The first-order valence-corrected chi connectivity index (χ1v) is 12.4. The summed E-state index contributed by atoms with van der Waals surface area (Å²) in [6, 6.07) is 5.11. The molecule has 0 saturated heterocycles. The molecule has 180 valence electrons. The number of aliphatic hydroxyl groups is 1. The lowest BCUT2D eigenvalue weighted by Crippen LogP contribution is -2.39. The van der Waals surface area contributed by atoms with Gasteiger partial charge >= 0.3 is 0 Å². The number of Topliss-reactive ketones (excluding diaryl/α,β-unsaturated/α-hetero) is 1. The quantitative estimate of drug-likeness (QED) is 0.536. The number of fused-ring (bicyclic) bond motifs is 1. The molecule has 2 heterocycles. The van der Waals surface area contributed by atoms with Crippen molar-refractivity contribution in [2.24, 2.45) is 5.92 Å². The Labute approximate surface area is 195 Å². The SMILES string of the molecule is CCCCOc1ccc(C2C3=C(OC4CCCCC4C3=O)C(=O)N2CCCO)cc1OCC. The Bertz CT molecular complexity index is 910. The van der Waals surface area contributed by atoms with E-state index >= 15 is 0 Å². The fraction of sp³-hybridized carbons (Fsp3) is 0.615. The molecule has 7 nitrogen and oxygen atoms in total. The van der Waals surface area contributed by atoms with Gasteiger partial charge in [0.05, 0.1) is 30.7 Å². The lowest BCUT2D eigenvalue weighted by molar-refractivity contribution is -0.135. The number of amides is 1. The third kappa shape index (κ3) is 4.60. The molecule has 1 fully saturated rings. The zero-order valence-corrected chi connectivity index (χ0v) is 19.7. The fourth-order valence-corrected chi connectivity index (χ4v) is 5.12. The van der Waals surface area contributed by atoms with Crippen LogP contribution in [0.3, 0.4) is 0 Å². The van der Waals surface area contributed by atoms with Crippen molar-refractivity contribution in [3.63, 3.8) is 0 Å². The monoisotopic (exact) mass is 457 g/mol. The van der Waals surface area contributed by atoms with Gasteiger partial charge in [-0.05, 0) is 56.7 Å². The van der Waals surface area contributed by atoms with Gasteiger partial charge in [0.25, 0.3) is 5.91 Å². The van der Waals surface area contributed by atoms with Crippen LogP contribution in [0.5, 0.6) is 11.5 Å². The number of benzene rings is 1. The first-order chi connectivity index (χ1) is 16.1. The van der Waals surface area contributed by atoms with Gasteiger partial charge in [0.2, 0.25) is 0 Å². The molecular formula is C26H35NO6. The van der Waals surface area contributed by atoms with E-state index < -0.39 is 6.04 Å². The predicted molar refractivity (Wildman–Crippen MR) is 123 cm³/mol. The molecule has 1 saturated carbocycles. The van der Waals surface area contributed by atoms with Gasteiger partial charge in [-0.1, -0.05) is 25.8 Å². The number of hydrogen-bond acceptors (Lipinski definition) is 6. The van der Waals surface area contributed by atoms with E-state index in [0.717, 1.165) is 44.1 Å². The van der Waals surface area contributed by atoms with Crippen LogP contribution in [-0.2, 0) is 14.3 Å². The van der Waals surface area contributed by atoms with Crippen molar-refractivity contribution in [1.29, 1.82) is 0 Å². The maximum Gasteiger partial charge on any atom is 0.290 e. The average Bonchev–Trinajstić information content (AvgIpc) is 3.11. The van der Waals surface area contributed by atoms with E-state index in [1.54, 1.807) is 4.90 Å². The van der Waals surface area contributed by atoms with Crippen LogP contribution in [-0.4, -0.2) is 54.2 Å². The van der Waals surface area contributed by atoms with Gasteiger partial charge in [-0.3, -0.25) is 9.59 Å². The topological polar surface area (TPSA) is 85.3 Å². The molecule has 0 radical (unpaired) electrons. The molecule has 0 aromatic heterocycles. The Morgan fingerprint density at radius 3 is 2.67 bits per heavy atom. The first kappa shape index (κ1) is 23.6. The molecular weight excluding hydrogens is 422 g/mol. The molecule has 0 spiro atoms. The number of carbonyl (C=O) groups is 2. The lowest BCUT2D eigenvalue weighted by Gasteiger charge is -2.35. The summed E-state index contributed by atoms with van der Waals surface area (Å²) in [4.78, 5) is 28.6. The van der Waals surface area contributed by atoms with Crippen LogP contribution in [0.25, 0.3) is 0 Å². The molecule has 2 aliphatic heterocycles. The summed E-state index contributed by atoms with van der Waals surface area (Å²) >= 11 is 0. The van der Waals surface area contributed by atoms with E-state index in [1.165, 1.54) is 0 Å². The zero-order chi connectivity index (χ0) is 23.4. The number of rotatable bonds is 10. The summed E-state index contributed by atoms with van der Waals surface area (Å²) < 4.78 is 18.0. The molecule has 3 unspecified atom stereocenters. The van der Waals surface area contributed by atoms with Crippen molar-refractivity contribution < 1.29 is 28.9 Å². The van der Waals surface area contributed by atoms with Crippen LogP contribution in [0.2, 0.25) is 0 Å². The van der Waals surface area contributed by atoms with Crippen LogP contribution in [0.4, 0.5) is 0 Å². The summed E-state index contributed by atoms with van der Waals surface area (Å²) in [5.41, 5.74) is 1.26. The minimum atomic E-state index is -0.543. The summed E-state index contributed by atoms with van der Waals surface area (Å²) in [5, 5.41) is 9.42. The highest BCUT2D eigenvalue weighted by Crippen LogP contribution is 2.47. The number of carbonyl (C=O) groups excluding carboxylic acids is 2. The highest BCUT2D eigenvalue weighted by Gasteiger charge is 2.51. The van der Waals surface area contributed by atoms with E-state index in [-0.39, 0.29) is 36.1 Å². The van der Waals surface area contributed by atoms with Crippen molar-refractivity contribution in [3.8, 4) is 11.5 Å². The van der Waals surface area contributed by atoms with Gasteiger partial charge < -0.3 is 24.2 Å². The minimum Gasteiger partial charge on any atom is -0.490 e. The standard InChI is InChI=1S/C26H35NO6/c1-3-5-15-32-20-12-11-17(16-21(20)31-4-2)23-22-24(29)18-9-6-7-10-19(18)33-25(22)26(30)27(23)13-8-14-28/h11-12,16,18-19,23,28H,3-10,13-15H2,1-2H3. The van der Waals surface area contributed by atoms with Gasteiger partial charge in [-0.25, -0.2) is 0 Å². The molecule has 1 aromatic rings.